The van der Waals surface area contributed by atoms with E-state index in [1.54, 1.807) is 31.2 Å². The molecular formula is C19H20ClNO2. The highest BCUT2D eigenvalue weighted by Gasteiger charge is 2.07. The van der Waals surface area contributed by atoms with E-state index in [1.165, 1.54) is 0 Å². The molecule has 2 rings (SSSR count). The Bertz CT molecular complexity index is 725. The number of hydrogen-bond donors (Lipinski definition) is 0. The Hall–Kier alpha value is -2.26. The van der Waals surface area contributed by atoms with Crippen LogP contribution in [0.4, 0.5) is 0 Å². The van der Waals surface area contributed by atoms with Gasteiger partial charge < -0.3 is 9.64 Å². The second-order valence-corrected chi connectivity index (χ2v) is 5.84. The number of benzene rings is 2. The Morgan fingerprint density at radius 2 is 2.04 bits per heavy atom. The van der Waals surface area contributed by atoms with Gasteiger partial charge in [0.05, 0.1) is 7.11 Å². The SMILES string of the molecule is COc1ccc(C)cc1/C=C/C(=O)N(C)Cc1cccc(Cl)c1. The molecule has 2 aromatic carbocycles. The molecule has 0 bridgehead atoms. The largest absolute Gasteiger partial charge is 0.496 e. The number of nitrogens with zero attached hydrogens (tertiary/aromatic N) is 1. The van der Waals surface area contributed by atoms with E-state index in [1.807, 2.05) is 49.4 Å². The summed E-state index contributed by atoms with van der Waals surface area (Å²) in [6.07, 6.45) is 3.34. The summed E-state index contributed by atoms with van der Waals surface area (Å²) in [5.74, 6) is 0.672. The molecule has 3 nitrogen and oxygen atoms in total. The number of hydrogen-bond acceptors (Lipinski definition) is 2. The minimum atomic E-state index is -0.0754. The molecule has 1 amide bonds. The maximum atomic E-state index is 12.3. The zero-order valence-electron chi connectivity index (χ0n) is 13.5. The third-order valence-corrected chi connectivity index (χ3v) is 3.71. The van der Waals surface area contributed by atoms with Gasteiger partial charge in [0.1, 0.15) is 5.75 Å². The van der Waals surface area contributed by atoms with Crippen LogP contribution in [0.2, 0.25) is 5.02 Å². The third kappa shape index (κ3) is 4.86. The predicted molar refractivity (Wildman–Crippen MR) is 94.7 cm³/mol. The zero-order chi connectivity index (χ0) is 16.8. The molecule has 0 radical (unpaired) electrons. The highest BCUT2D eigenvalue weighted by atomic mass is 35.5. The van der Waals surface area contributed by atoms with Crippen LogP contribution in [-0.2, 0) is 11.3 Å². The number of halogens is 1. The highest BCUT2D eigenvalue weighted by molar-refractivity contribution is 6.30. The van der Waals surface area contributed by atoms with Crippen LogP contribution >= 0.6 is 11.6 Å². The van der Waals surface area contributed by atoms with E-state index in [2.05, 4.69) is 0 Å². The normalized spacial score (nSPS) is 10.8. The van der Waals surface area contributed by atoms with Gasteiger partial charge in [0.25, 0.3) is 0 Å². The molecule has 120 valence electrons. The number of carbonyl (C=O) groups excluding carboxylic acids is 1. The number of methoxy groups -OCH3 is 1. The lowest BCUT2D eigenvalue weighted by atomic mass is 10.1. The number of likely N-dealkylation sites (N-methyl/N-ethyl adjacent to an activating group) is 1. The second-order valence-electron chi connectivity index (χ2n) is 5.40. The summed E-state index contributed by atoms with van der Waals surface area (Å²) >= 11 is 5.97. The Kier molecular flexibility index (Phi) is 5.83. The quantitative estimate of drug-likeness (QED) is 0.764. The Morgan fingerprint density at radius 3 is 2.74 bits per heavy atom. The first-order valence-electron chi connectivity index (χ1n) is 7.32. The van der Waals surface area contributed by atoms with Crippen molar-refractivity contribution in [3.05, 3.63) is 70.3 Å². The van der Waals surface area contributed by atoms with Crippen LogP contribution in [-0.4, -0.2) is 25.0 Å². The Morgan fingerprint density at radius 1 is 1.26 bits per heavy atom. The highest BCUT2D eigenvalue weighted by Crippen LogP contribution is 2.21. The summed E-state index contributed by atoms with van der Waals surface area (Å²) in [5, 5.41) is 0.670. The van der Waals surface area contributed by atoms with E-state index < -0.39 is 0 Å². The first kappa shape index (κ1) is 17.1. The topological polar surface area (TPSA) is 29.5 Å². The van der Waals surface area contributed by atoms with E-state index in [-0.39, 0.29) is 5.91 Å². The molecule has 0 unspecified atom stereocenters. The molecular weight excluding hydrogens is 310 g/mol. The van der Waals surface area contributed by atoms with Crippen LogP contribution in [0.15, 0.2) is 48.5 Å². The van der Waals surface area contributed by atoms with Gasteiger partial charge in [0.15, 0.2) is 0 Å². The van der Waals surface area contributed by atoms with Gasteiger partial charge in [-0.2, -0.15) is 0 Å². The lowest BCUT2D eigenvalue weighted by Crippen LogP contribution is -2.24. The van der Waals surface area contributed by atoms with Crippen molar-refractivity contribution in [3.8, 4) is 5.75 Å². The molecule has 0 N–H and O–H groups in total. The average molecular weight is 330 g/mol. The standard InChI is InChI=1S/C19H20ClNO2/c1-14-7-9-18(23-3)16(11-14)8-10-19(22)21(2)13-15-5-4-6-17(20)12-15/h4-12H,13H2,1-3H3/b10-8+. The maximum absolute atomic E-state index is 12.3. The van der Waals surface area contributed by atoms with Crippen molar-refractivity contribution >= 4 is 23.6 Å². The fourth-order valence-electron chi connectivity index (χ4n) is 2.26. The number of ether oxygens (including phenoxy) is 1. The fraction of sp³-hybridized carbons (Fsp3) is 0.211. The lowest BCUT2D eigenvalue weighted by molar-refractivity contribution is -0.125. The number of carbonyl (C=O) groups is 1. The van der Waals surface area contributed by atoms with E-state index in [9.17, 15) is 4.79 Å². The molecule has 4 heteroatoms. The summed E-state index contributed by atoms with van der Waals surface area (Å²) in [6.45, 7) is 2.51. The van der Waals surface area contributed by atoms with Gasteiger partial charge in [-0.15, -0.1) is 0 Å². The summed E-state index contributed by atoms with van der Waals surface area (Å²) in [5.41, 5.74) is 3.00. The zero-order valence-corrected chi connectivity index (χ0v) is 14.3. The van der Waals surface area contributed by atoms with Crippen LogP contribution in [0.25, 0.3) is 6.08 Å². The number of rotatable bonds is 5. The molecule has 0 aliphatic heterocycles. The summed E-state index contributed by atoms with van der Waals surface area (Å²) in [7, 11) is 3.39. The van der Waals surface area contributed by atoms with E-state index in [0.717, 1.165) is 22.4 Å². The molecule has 0 aliphatic carbocycles. The fourth-order valence-corrected chi connectivity index (χ4v) is 2.47. The van der Waals surface area contributed by atoms with Crippen LogP contribution in [0.3, 0.4) is 0 Å². The van der Waals surface area contributed by atoms with Gasteiger partial charge in [-0.25, -0.2) is 0 Å². The van der Waals surface area contributed by atoms with Gasteiger partial charge in [-0.1, -0.05) is 35.4 Å². The van der Waals surface area contributed by atoms with Gasteiger partial charge >= 0.3 is 0 Å². The van der Waals surface area contributed by atoms with Crippen LogP contribution in [0.1, 0.15) is 16.7 Å². The van der Waals surface area contributed by atoms with Crippen molar-refractivity contribution in [1.29, 1.82) is 0 Å². The van der Waals surface area contributed by atoms with Gasteiger partial charge in [-0.3, -0.25) is 4.79 Å². The van der Waals surface area contributed by atoms with Crippen molar-refractivity contribution < 1.29 is 9.53 Å². The van der Waals surface area contributed by atoms with Crippen molar-refractivity contribution in [3.63, 3.8) is 0 Å². The monoisotopic (exact) mass is 329 g/mol. The first-order valence-corrected chi connectivity index (χ1v) is 7.69. The maximum Gasteiger partial charge on any atom is 0.246 e. The molecule has 0 heterocycles. The molecule has 23 heavy (non-hydrogen) atoms. The number of aryl methyl sites for hydroxylation is 1. The lowest BCUT2D eigenvalue weighted by Gasteiger charge is -2.15. The minimum Gasteiger partial charge on any atom is -0.496 e. The molecule has 2 aromatic rings. The van der Waals surface area contributed by atoms with E-state index >= 15 is 0 Å². The Balaban J connectivity index is 2.07. The van der Waals surface area contributed by atoms with Crippen LogP contribution < -0.4 is 4.74 Å². The van der Waals surface area contributed by atoms with E-state index in [0.29, 0.717) is 11.6 Å². The number of amides is 1. The van der Waals surface area contributed by atoms with Crippen molar-refractivity contribution in [2.45, 2.75) is 13.5 Å². The first-order chi connectivity index (χ1) is 11.0. The average Bonchev–Trinajstić information content (AvgIpc) is 2.52. The van der Waals surface area contributed by atoms with Gasteiger partial charge in [0, 0.05) is 30.3 Å². The minimum absolute atomic E-state index is 0.0754. The van der Waals surface area contributed by atoms with E-state index in [4.69, 9.17) is 16.3 Å². The van der Waals surface area contributed by atoms with Gasteiger partial charge in [-0.05, 0) is 42.8 Å². The van der Waals surface area contributed by atoms with Crippen LogP contribution in [0, 0.1) is 6.92 Å². The van der Waals surface area contributed by atoms with Crippen molar-refractivity contribution in [2.75, 3.05) is 14.2 Å². The Labute approximate surface area is 142 Å². The van der Waals surface area contributed by atoms with Crippen LogP contribution in [0.5, 0.6) is 5.75 Å². The molecule has 0 saturated carbocycles. The second kappa shape index (κ2) is 7.84. The summed E-state index contributed by atoms with van der Waals surface area (Å²) in [4.78, 5) is 13.9. The molecule has 0 atom stereocenters. The van der Waals surface area contributed by atoms with Gasteiger partial charge in [0.2, 0.25) is 5.91 Å². The molecule has 0 spiro atoms. The van der Waals surface area contributed by atoms with Crippen molar-refractivity contribution in [2.24, 2.45) is 0 Å². The molecule has 0 aliphatic rings. The van der Waals surface area contributed by atoms with Crippen molar-refractivity contribution in [1.82, 2.24) is 4.90 Å². The predicted octanol–water partition coefficient (Wildman–Crippen LogP) is 4.33. The third-order valence-electron chi connectivity index (χ3n) is 3.48. The summed E-state index contributed by atoms with van der Waals surface area (Å²) < 4.78 is 5.31. The summed E-state index contributed by atoms with van der Waals surface area (Å²) in [6, 6.07) is 13.4. The molecule has 0 aromatic heterocycles. The smallest absolute Gasteiger partial charge is 0.246 e. The molecule has 0 fully saturated rings. The molecule has 0 saturated heterocycles.